The van der Waals surface area contributed by atoms with Gasteiger partial charge in [-0.25, -0.2) is 0 Å². The first-order chi connectivity index (χ1) is 12.0. The van der Waals surface area contributed by atoms with E-state index in [-0.39, 0.29) is 5.92 Å². The average molecular weight is 424 g/mol. The van der Waals surface area contributed by atoms with Crippen LogP contribution in [0, 0.1) is 5.92 Å². The van der Waals surface area contributed by atoms with Crippen LogP contribution < -0.4 is 4.90 Å². The molecule has 0 aliphatic carbocycles. The van der Waals surface area contributed by atoms with Crippen LogP contribution in [0.2, 0.25) is 0 Å². The first kappa shape index (κ1) is 18.4. The maximum atomic E-state index is 12.5. The van der Waals surface area contributed by atoms with Crippen molar-refractivity contribution in [3.8, 4) is 0 Å². The quantitative estimate of drug-likeness (QED) is 0.669. The smallest absolute Gasteiger partial charge is 0.274 e. The first-order valence-corrected chi connectivity index (χ1v) is 10.6. The fourth-order valence-corrected chi connectivity index (χ4v) is 5.24. The molecule has 1 atom stereocenters. The van der Waals surface area contributed by atoms with Crippen LogP contribution in [-0.2, 0) is 14.3 Å². The van der Waals surface area contributed by atoms with E-state index in [0.717, 1.165) is 36.0 Å². The Labute approximate surface area is 158 Å². The molecule has 1 saturated heterocycles. The molecule has 134 valence electrons. The molecular formula is C19H22BrNO3S. The second-order valence-electron chi connectivity index (χ2n) is 6.29. The number of rotatable bonds is 5. The molecule has 2 aromatic rings. The van der Waals surface area contributed by atoms with E-state index < -0.39 is 15.4 Å². The van der Waals surface area contributed by atoms with Crippen LogP contribution >= 0.6 is 15.9 Å². The van der Waals surface area contributed by atoms with Crippen LogP contribution in [0.25, 0.3) is 0 Å². The molecule has 0 bridgehead atoms. The first-order valence-electron chi connectivity index (χ1n) is 8.36. The van der Waals surface area contributed by atoms with Gasteiger partial charge in [0, 0.05) is 23.2 Å². The van der Waals surface area contributed by atoms with Crippen LogP contribution in [-0.4, -0.2) is 28.6 Å². The lowest BCUT2D eigenvalue weighted by Gasteiger charge is -2.36. The highest BCUT2D eigenvalue weighted by Gasteiger charge is 2.37. The maximum Gasteiger partial charge on any atom is 0.274 e. The average Bonchev–Trinajstić information content (AvgIpc) is 2.64. The highest BCUT2D eigenvalue weighted by molar-refractivity contribution is 9.10. The molecule has 1 unspecified atom stereocenters. The van der Waals surface area contributed by atoms with Gasteiger partial charge in [-0.15, -0.1) is 0 Å². The lowest BCUT2D eigenvalue weighted by molar-refractivity contribution is 0.338. The van der Waals surface area contributed by atoms with Gasteiger partial charge in [-0.05, 0) is 48.6 Å². The summed E-state index contributed by atoms with van der Waals surface area (Å²) in [7, 11) is -2.37. The second-order valence-corrected chi connectivity index (χ2v) is 9.03. The number of piperidine rings is 1. The molecule has 0 spiro atoms. The largest absolute Gasteiger partial charge is 0.372 e. The van der Waals surface area contributed by atoms with Crippen molar-refractivity contribution in [2.45, 2.75) is 18.1 Å². The predicted octanol–water partition coefficient (Wildman–Crippen LogP) is 4.38. The molecule has 2 aromatic carbocycles. The van der Waals surface area contributed by atoms with E-state index in [1.54, 1.807) is 0 Å². The molecule has 25 heavy (non-hydrogen) atoms. The molecular weight excluding hydrogens is 402 g/mol. The summed E-state index contributed by atoms with van der Waals surface area (Å²) in [6, 6.07) is 17.7. The molecule has 3 rings (SSSR count). The molecule has 0 aromatic heterocycles. The topological polar surface area (TPSA) is 46.6 Å². The third-order valence-electron chi connectivity index (χ3n) is 4.83. The molecule has 0 N–H and O–H groups in total. The Morgan fingerprint density at radius 1 is 1.04 bits per heavy atom. The number of hydrogen-bond donors (Lipinski definition) is 0. The lowest BCUT2D eigenvalue weighted by atomic mass is 9.89. The van der Waals surface area contributed by atoms with Gasteiger partial charge in [-0.1, -0.05) is 46.3 Å². The normalized spacial score (nSPS) is 17.4. The molecule has 1 aliphatic rings. The van der Waals surface area contributed by atoms with Gasteiger partial charge in [-0.2, -0.15) is 8.42 Å². The fourth-order valence-electron chi connectivity index (χ4n) is 3.53. The maximum absolute atomic E-state index is 12.5. The summed E-state index contributed by atoms with van der Waals surface area (Å²) in [5.41, 5.74) is 1.99. The second kappa shape index (κ2) is 7.89. The van der Waals surface area contributed by atoms with E-state index in [4.69, 9.17) is 4.18 Å². The van der Waals surface area contributed by atoms with Crippen molar-refractivity contribution in [2.75, 3.05) is 25.1 Å². The van der Waals surface area contributed by atoms with Crippen molar-refractivity contribution in [3.05, 3.63) is 64.6 Å². The molecule has 0 amide bonds. The Morgan fingerprint density at radius 2 is 1.64 bits per heavy atom. The monoisotopic (exact) mass is 423 g/mol. The third-order valence-corrected chi connectivity index (χ3v) is 7.10. The van der Waals surface area contributed by atoms with Gasteiger partial charge in [0.25, 0.3) is 10.1 Å². The molecule has 1 fully saturated rings. The third kappa shape index (κ3) is 4.25. The highest BCUT2D eigenvalue weighted by Crippen LogP contribution is 2.38. The van der Waals surface area contributed by atoms with Gasteiger partial charge in [0.2, 0.25) is 0 Å². The summed E-state index contributed by atoms with van der Waals surface area (Å²) in [4.78, 5) is 2.31. The Bertz CT molecular complexity index is 785. The van der Waals surface area contributed by atoms with Crippen molar-refractivity contribution >= 4 is 31.7 Å². The zero-order chi connectivity index (χ0) is 17.9. The van der Waals surface area contributed by atoms with Crippen molar-refractivity contribution in [1.82, 2.24) is 0 Å². The molecule has 0 saturated carbocycles. The van der Waals surface area contributed by atoms with E-state index in [1.807, 2.05) is 42.5 Å². The Morgan fingerprint density at radius 3 is 2.20 bits per heavy atom. The highest BCUT2D eigenvalue weighted by atomic mass is 79.9. The zero-order valence-electron chi connectivity index (χ0n) is 14.1. The Balaban J connectivity index is 1.77. The van der Waals surface area contributed by atoms with Gasteiger partial charge in [0.05, 0.1) is 7.11 Å². The van der Waals surface area contributed by atoms with E-state index in [9.17, 15) is 8.42 Å². The van der Waals surface area contributed by atoms with Crippen molar-refractivity contribution in [3.63, 3.8) is 0 Å². The van der Waals surface area contributed by atoms with Crippen LogP contribution in [0.5, 0.6) is 0 Å². The minimum absolute atomic E-state index is 0.0547. The van der Waals surface area contributed by atoms with Gasteiger partial charge in [0.15, 0.2) is 0 Å². The van der Waals surface area contributed by atoms with Crippen LogP contribution in [0.15, 0.2) is 59.1 Å². The molecule has 1 heterocycles. The van der Waals surface area contributed by atoms with E-state index >= 15 is 0 Å². The van der Waals surface area contributed by atoms with E-state index in [1.165, 1.54) is 12.8 Å². The van der Waals surface area contributed by atoms with E-state index in [2.05, 4.69) is 33.0 Å². The van der Waals surface area contributed by atoms with E-state index in [0.29, 0.717) is 0 Å². The minimum atomic E-state index is -3.63. The van der Waals surface area contributed by atoms with Gasteiger partial charge in [-0.3, -0.25) is 4.18 Å². The molecule has 0 radical (unpaired) electrons. The predicted molar refractivity (Wildman–Crippen MR) is 104 cm³/mol. The fraction of sp³-hybridized carbons (Fsp3) is 0.368. The van der Waals surface area contributed by atoms with Gasteiger partial charge >= 0.3 is 0 Å². The Hall–Kier alpha value is -1.37. The van der Waals surface area contributed by atoms with Gasteiger partial charge < -0.3 is 4.90 Å². The summed E-state index contributed by atoms with van der Waals surface area (Å²) >= 11 is 3.45. The van der Waals surface area contributed by atoms with Crippen LogP contribution in [0.1, 0.15) is 23.7 Å². The summed E-state index contributed by atoms with van der Waals surface area (Å²) in [5, 5.41) is -0.606. The SMILES string of the molecule is COS(=O)(=O)C(c1ccccc1)C1CCN(c2ccc(Br)cc2)CC1. The van der Waals surface area contributed by atoms with Gasteiger partial charge in [0.1, 0.15) is 5.25 Å². The summed E-state index contributed by atoms with van der Waals surface area (Å²) < 4.78 is 31.0. The number of nitrogens with zero attached hydrogens (tertiary/aromatic N) is 1. The Kier molecular flexibility index (Phi) is 5.81. The minimum Gasteiger partial charge on any atom is -0.372 e. The number of hydrogen-bond acceptors (Lipinski definition) is 4. The summed E-state index contributed by atoms with van der Waals surface area (Å²) in [5.74, 6) is 0.0547. The van der Waals surface area contributed by atoms with Crippen molar-refractivity contribution in [1.29, 1.82) is 0 Å². The molecule has 1 aliphatic heterocycles. The van der Waals surface area contributed by atoms with Crippen LogP contribution in [0.4, 0.5) is 5.69 Å². The summed E-state index contributed by atoms with van der Waals surface area (Å²) in [6.45, 7) is 1.68. The number of benzene rings is 2. The standard InChI is InChI=1S/C19H22BrNO3S/c1-24-25(22,23)19(15-5-3-2-4-6-15)16-11-13-21(14-12-16)18-9-7-17(20)8-10-18/h2-10,16,19H,11-14H2,1H3. The van der Waals surface area contributed by atoms with Crippen LogP contribution in [0.3, 0.4) is 0 Å². The summed E-state index contributed by atoms with van der Waals surface area (Å²) in [6.07, 6.45) is 1.64. The van der Waals surface area contributed by atoms with Crippen molar-refractivity contribution < 1.29 is 12.6 Å². The lowest BCUT2D eigenvalue weighted by Crippen LogP contribution is -2.37. The zero-order valence-corrected chi connectivity index (χ0v) is 16.5. The van der Waals surface area contributed by atoms with Crippen molar-refractivity contribution in [2.24, 2.45) is 5.92 Å². The number of anilines is 1. The molecule has 4 nitrogen and oxygen atoms in total. The molecule has 6 heteroatoms. The number of halogens is 1.